The van der Waals surface area contributed by atoms with Gasteiger partial charge in [-0.1, -0.05) is 13.3 Å². The molecule has 0 radical (unpaired) electrons. The number of halogens is 2. The zero-order valence-electron chi connectivity index (χ0n) is 8.42. The SMILES string of the molecule is CCNCCN1CCCCC1.Cl.Cl. The van der Waals surface area contributed by atoms with Gasteiger partial charge in [0.2, 0.25) is 0 Å². The fraction of sp³-hybridized carbons (Fsp3) is 1.00. The molecule has 0 aromatic carbocycles. The van der Waals surface area contributed by atoms with Gasteiger partial charge in [0.05, 0.1) is 0 Å². The summed E-state index contributed by atoms with van der Waals surface area (Å²) >= 11 is 0. The number of hydrogen-bond donors (Lipinski definition) is 1. The van der Waals surface area contributed by atoms with Crippen LogP contribution in [0.3, 0.4) is 0 Å². The molecule has 0 atom stereocenters. The van der Waals surface area contributed by atoms with Crippen LogP contribution in [0.15, 0.2) is 0 Å². The molecule has 0 spiro atoms. The lowest BCUT2D eigenvalue weighted by Gasteiger charge is -2.26. The molecule has 1 heterocycles. The van der Waals surface area contributed by atoms with E-state index in [4.69, 9.17) is 0 Å². The zero-order valence-corrected chi connectivity index (χ0v) is 10.1. The Morgan fingerprint density at radius 2 is 1.69 bits per heavy atom. The van der Waals surface area contributed by atoms with Crippen molar-refractivity contribution >= 4 is 24.8 Å². The van der Waals surface area contributed by atoms with Crippen LogP contribution >= 0.6 is 24.8 Å². The Kier molecular flexibility index (Phi) is 13.0. The first-order valence-electron chi connectivity index (χ1n) is 4.86. The van der Waals surface area contributed by atoms with Crippen LogP contribution in [0.1, 0.15) is 26.2 Å². The largest absolute Gasteiger partial charge is 0.316 e. The van der Waals surface area contributed by atoms with Gasteiger partial charge in [0.25, 0.3) is 0 Å². The number of hydrogen-bond acceptors (Lipinski definition) is 2. The highest BCUT2D eigenvalue weighted by molar-refractivity contribution is 5.85. The first kappa shape index (κ1) is 15.9. The minimum Gasteiger partial charge on any atom is -0.316 e. The van der Waals surface area contributed by atoms with Crippen LogP contribution in [-0.2, 0) is 0 Å². The summed E-state index contributed by atoms with van der Waals surface area (Å²) in [5, 5.41) is 3.35. The van der Waals surface area contributed by atoms with Crippen LogP contribution in [0.4, 0.5) is 0 Å². The van der Waals surface area contributed by atoms with Crippen LogP contribution in [0.2, 0.25) is 0 Å². The van der Waals surface area contributed by atoms with Crippen molar-refractivity contribution < 1.29 is 0 Å². The van der Waals surface area contributed by atoms with E-state index in [1.54, 1.807) is 0 Å². The van der Waals surface area contributed by atoms with Gasteiger partial charge < -0.3 is 10.2 Å². The van der Waals surface area contributed by atoms with Gasteiger partial charge in [0.1, 0.15) is 0 Å². The van der Waals surface area contributed by atoms with Crippen LogP contribution in [0, 0.1) is 0 Å². The molecule has 82 valence electrons. The molecular weight excluding hydrogens is 207 g/mol. The standard InChI is InChI=1S/C9H20N2.2ClH/c1-2-10-6-9-11-7-4-3-5-8-11;;/h10H,2-9H2,1H3;2*1H. The zero-order chi connectivity index (χ0) is 7.94. The molecular formula is C9H22Cl2N2. The number of nitrogens with one attached hydrogen (secondary N) is 1. The topological polar surface area (TPSA) is 15.3 Å². The fourth-order valence-electron chi connectivity index (χ4n) is 1.60. The van der Waals surface area contributed by atoms with E-state index in [1.165, 1.54) is 38.9 Å². The van der Waals surface area contributed by atoms with Crippen LogP contribution in [-0.4, -0.2) is 37.6 Å². The summed E-state index contributed by atoms with van der Waals surface area (Å²) in [5.41, 5.74) is 0. The molecule has 0 aromatic rings. The summed E-state index contributed by atoms with van der Waals surface area (Å²) in [4.78, 5) is 2.56. The molecule has 0 amide bonds. The quantitative estimate of drug-likeness (QED) is 0.741. The van der Waals surface area contributed by atoms with Crippen molar-refractivity contribution in [1.82, 2.24) is 10.2 Å². The monoisotopic (exact) mass is 228 g/mol. The van der Waals surface area contributed by atoms with E-state index in [1.807, 2.05) is 0 Å². The van der Waals surface area contributed by atoms with Crippen molar-refractivity contribution in [3.63, 3.8) is 0 Å². The van der Waals surface area contributed by atoms with E-state index in [-0.39, 0.29) is 24.8 Å². The first-order valence-corrected chi connectivity index (χ1v) is 4.86. The minimum atomic E-state index is 0. The lowest BCUT2D eigenvalue weighted by Crippen LogP contribution is -2.35. The van der Waals surface area contributed by atoms with Crippen molar-refractivity contribution in [2.75, 3.05) is 32.7 Å². The molecule has 0 aliphatic carbocycles. The molecule has 1 saturated heterocycles. The Morgan fingerprint density at radius 1 is 1.08 bits per heavy atom. The van der Waals surface area contributed by atoms with Crippen molar-refractivity contribution in [3.05, 3.63) is 0 Å². The number of piperidine rings is 1. The lowest BCUT2D eigenvalue weighted by atomic mass is 10.1. The molecule has 0 saturated carbocycles. The summed E-state index contributed by atoms with van der Waals surface area (Å²) in [7, 11) is 0. The van der Waals surface area contributed by atoms with E-state index in [2.05, 4.69) is 17.1 Å². The second kappa shape index (κ2) is 10.6. The highest BCUT2D eigenvalue weighted by atomic mass is 35.5. The molecule has 1 fully saturated rings. The van der Waals surface area contributed by atoms with E-state index in [0.717, 1.165) is 13.1 Å². The number of likely N-dealkylation sites (N-methyl/N-ethyl adjacent to an activating group) is 1. The predicted octanol–water partition coefficient (Wildman–Crippen LogP) is 1.93. The summed E-state index contributed by atoms with van der Waals surface area (Å²) < 4.78 is 0. The second-order valence-electron chi connectivity index (χ2n) is 3.26. The van der Waals surface area contributed by atoms with Crippen LogP contribution < -0.4 is 5.32 Å². The maximum absolute atomic E-state index is 3.35. The highest BCUT2D eigenvalue weighted by Crippen LogP contribution is 2.06. The maximum Gasteiger partial charge on any atom is 0.0107 e. The molecule has 0 aromatic heterocycles. The second-order valence-corrected chi connectivity index (χ2v) is 3.26. The van der Waals surface area contributed by atoms with E-state index in [9.17, 15) is 0 Å². The molecule has 0 bridgehead atoms. The molecule has 1 rings (SSSR count). The number of rotatable bonds is 4. The molecule has 1 aliphatic rings. The molecule has 1 aliphatic heterocycles. The van der Waals surface area contributed by atoms with Gasteiger partial charge in [-0.25, -0.2) is 0 Å². The fourth-order valence-corrected chi connectivity index (χ4v) is 1.60. The number of nitrogens with zero attached hydrogens (tertiary/aromatic N) is 1. The first-order chi connectivity index (χ1) is 5.43. The average Bonchev–Trinajstić information content (AvgIpc) is 2.07. The van der Waals surface area contributed by atoms with Crippen molar-refractivity contribution in [1.29, 1.82) is 0 Å². The molecule has 1 N–H and O–H groups in total. The van der Waals surface area contributed by atoms with Crippen molar-refractivity contribution in [2.24, 2.45) is 0 Å². The Hall–Kier alpha value is 0.500. The Balaban J connectivity index is 0. The molecule has 13 heavy (non-hydrogen) atoms. The third kappa shape index (κ3) is 7.56. The van der Waals surface area contributed by atoms with Gasteiger partial charge in [0.15, 0.2) is 0 Å². The van der Waals surface area contributed by atoms with E-state index < -0.39 is 0 Å². The van der Waals surface area contributed by atoms with Gasteiger partial charge in [0, 0.05) is 13.1 Å². The lowest BCUT2D eigenvalue weighted by molar-refractivity contribution is 0.229. The molecule has 0 unspecified atom stereocenters. The minimum absolute atomic E-state index is 0. The van der Waals surface area contributed by atoms with Gasteiger partial charge in [-0.15, -0.1) is 24.8 Å². The molecule has 4 heteroatoms. The van der Waals surface area contributed by atoms with Gasteiger partial charge in [-0.2, -0.15) is 0 Å². The van der Waals surface area contributed by atoms with Gasteiger partial charge in [-0.05, 0) is 32.5 Å². The van der Waals surface area contributed by atoms with Gasteiger partial charge in [-0.3, -0.25) is 0 Å². The molecule has 2 nitrogen and oxygen atoms in total. The Bertz CT molecular complexity index is 95.6. The third-order valence-electron chi connectivity index (χ3n) is 2.30. The third-order valence-corrected chi connectivity index (χ3v) is 2.30. The van der Waals surface area contributed by atoms with Crippen LogP contribution in [0.25, 0.3) is 0 Å². The number of likely N-dealkylation sites (tertiary alicyclic amines) is 1. The smallest absolute Gasteiger partial charge is 0.0107 e. The van der Waals surface area contributed by atoms with Gasteiger partial charge >= 0.3 is 0 Å². The normalized spacial score (nSPS) is 17.3. The summed E-state index contributed by atoms with van der Waals surface area (Å²) in [6, 6.07) is 0. The Labute approximate surface area is 94.3 Å². The van der Waals surface area contributed by atoms with Crippen molar-refractivity contribution in [3.8, 4) is 0 Å². The van der Waals surface area contributed by atoms with E-state index in [0.29, 0.717) is 0 Å². The Morgan fingerprint density at radius 3 is 2.23 bits per heavy atom. The van der Waals surface area contributed by atoms with Crippen molar-refractivity contribution in [2.45, 2.75) is 26.2 Å². The summed E-state index contributed by atoms with van der Waals surface area (Å²) in [5.74, 6) is 0. The summed E-state index contributed by atoms with van der Waals surface area (Å²) in [6.07, 6.45) is 4.26. The predicted molar refractivity (Wildman–Crippen MR) is 63.3 cm³/mol. The maximum atomic E-state index is 3.35. The van der Waals surface area contributed by atoms with Crippen LogP contribution in [0.5, 0.6) is 0 Å². The van der Waals surface area contributed by atoms with E-state index >= 15 is 0 Å². The average molecular weight is 229 g/mol. The summed E-state index contributed by atoms with van der Waals surface area (Å²) in [6.45, 7) is 8.32. The highest BCUT2D eigenvalue weighted by Gasteiger charge is 2.07.